The summed E-state index contributed by atoms with van der Waals surface area (Å²) in [4.78, 5) is 17.2. The highest BCUT2D eigenvalue weighted by Gasteiger charge is 2.35. The molecule has 218 valence electrons. The topological polar surface area (TPSA) is 70.8 Å². The highest BCUT2D eigenvalue weighted by atomic mass is 16.6. The van der Waals surface area contributed by atoms with Crippen molar-refractivity contribution >= 4 is 11.5 Å². The molecule has 3 rings (SSSR count). The molecule has 6 nitrogen and oxygen atoms in total. The van der Waals surface area contributed by atoms with Gasteiger partial charge in [-0.15, -0.1) is 0 Å². The number of carbonyl (C=O) groups excluding carboxylic acids is 1. The molecule has 1 saturated carbocycles. The molecule has 2 aromatic rings. The van der Waals surface area contributed by atoms with Crippen LogP contribution in [0.15, 0.2) is 59.6 Å². The Bertz CT molecular complexity index is 1180. The smallest absolute Gasteiger partial charge is 0.338 e. The quantitative estimate of drug-likeness (QED) is 0.196. The van der Waals surface area contributed by atoms with Gasteiger partial charge in [-0.2, -0.15) is 0 Å². The molecule has 40 heavy (non-hydrogen) atoms. The molecule has 1 heterocycles. The van der Waals surface area contributed by atoms with E-state index in [0.717, 1.165) is 53.8 Å². The van der Waals surface area contributed by atoms with Gasteiger partial charge in [-0.1, -0.05) is 49.4 Å². The monoisotopic (exact) mass is 549 g/mol. The Morgan fingerprint density at radius 2 is 1.77 bits per heavy atom. The van der Waals surface area contributed by atoms with E-state index in [2.05, 4.69) is 18.7 Å². The number of oxazole rings is 1. The predicted molar refractivity (Wildman–Crippen MR) is 161 cm³/mol. The van der Waals surface area contributed by atoms with Crippen molar-refractivity contribution in [3.8, 4) is 11.5 Å². The molecule has 2 unspecified atom stereocenters. The van der Waals surface area contributed by atoms with Gasteiger partial charge in [0.05, 0.1) is 13.2 Å². The SMILES string of the molecule is C=C/C(=C\C=C/C)c1ccc(-c2nc(COCC3CCCC(COC(C)(C)C(=O)OC(C)(C)C)C3)c(C)o2)cc1. The van der Waals surface area contributed by atoms with Gasteiger partial charge in [-0.3, -0.25) is 0 Å². The van der Waals surface area contributed by atoms with Crippen LogP contribution in [-0.2, 0) is 25.6 Å². The largest absolute Gasteiger partial charge is 0.458 e. The third-order valence-electron chi connectivity index (χ3n) is 7.10. The Balaban J connectivity index is 1.50. The lowest BCUT2D eigenvalue weighted by atomic mass is 9.82. The van der Waals surface area contributed by atoms with Crippen molar-refractivity contribution in [2.24, 2.45) is 11.8 Å². The van der Waals surface area contributed by atoms with Crippen molar-refractivity contribution in [3.05, 3.63) is 72.2 Å². The van der Waals surface area contributed by atoms with E-state index in [0.29, 0.717) is 37.5 Å². The molecule has 0 bridgehead atoms. The van der Waals surface area contributed by atoms with E-state index in [4.69, 9.17) is 23.6 Å². The van der Waals surface area contributed by atoms with Crippen LogP contribution in [0.5, 0.6) is 0 Å². The zero-order valence-electron chi connectivity index (χ0n) is 25.4. The van der Waals surface area contributed by atoms with Crippen LogP contribution in [0.4, 0.5) is 0 Å². The van der Waals surface area contributed by atoms with E-state index in [1.807, 2.05) is 71.1 Å². The fourth-order valence-electron chi connectivity index (χ4n) is 4.79. The Kier molecular flexibility index (Phi) is 11.1. The molecule has 0 amide bonds. The highest BCUT2D eigenvalue weighted by molar-refractivity contribution is 5.79. The number of carbonyl (C=O) groups is 1. The predicted octanol–water partition coefficient (Wildman–Crippen LogP) is 8.26. The van der Waals surface area contributed by atoms with Gasteiger partial charge in [0.2, 0.25) is 5.89 Å². The third-order valence-corrected chi connectivity index (χ3v) is 7.10. The van der Waals surface area contributed by atoms with Crippen LogP contribution in [0.25, 0.3) is 17.0 Å². The Labute approximate surface area is 240 Å². The number of nitrogens with zero attached hydrogens (tertiary/aromatic N) is 1. The van der Waals surface area contributed by atoms with Crippen LogP contribution in [-0.4, -0.2) is 35.4 Å². The molecule has 2 atom stereocenters. The van der Waals surface area contributed by atoms with Gasteiger partial charge < -0.3 is 18.6 Å². The van der Waals surface area contributed by atoms with Crippen molar-refractivity contribution in [2.45, 2.75) is 92.0 Å². The van der Waals surface area contributed by atoms with Crippen molar-refractivity contribution in [1.82, 2.24) is 4.98 Å². The maximum Gasteiger partial charge on any atom is 0.338 e. The summed E-state index contributed by atoms with van der Waals surface area (Å²) in [6.45, 7) is 18.7. The maximum atomic E-state index is 12.5. The van der Waals surface area contributed by atoms with Crippen molar-refractivity contribution < 1.29 is 23.4 Å². The molecule has 0 saturated heterocycles. The van der Waals surface area contributed by atoms with Crippen molar-refractivity contribution in [2.75, 3.05) is 13.2 Å². The van der Waals surface area contributed by atoms with Crippen LogP contribution in [0.1, 0.15) is 84.2 Å². The minimum absolute atomic E-state index is 0.322. The van der Waals surface area contributed by atoms with Gasteiger partial charge in [0.25, 0.3) is 0 Å². The van der Waals surface area contributed by atoms with Gasteiger partial charge in [0.1, 0.15) is 17.1 Å². The number of allylic oxidation sites excluding steroid dienone is 5. The molecule has 1 aromatic heterocycles. The van der Waals surface area contributed by atoms with Gasteiger partial charge in [-0.25, -0.2) is 9.78 Å². The van der Waals surface area contributed by atoms with Gasteiger partial charge in [0, 0.05) is 12.2 Å². The second-order valence-electron chi connectivity index (χ2n) is 12.2. The number of ether oxygens (including phenoxy) is 3. The number of esters is 1. The van der Waals surface area contributed by atoms with E-state index in [-0.39, 0.29) is 5.97 Å². The van der Waals surface area contributed by atoms with Crippen LogP contribution in [0, 0.1) is 18.8 Å². The first-order chi connectivity index (χ1) is 18.9. The van der Waals surface area contributed by atoms with Crippen LogP contribution in [0.2, 0.25) is 0 Å². The van der Waals surface area contributed by atoms with E-state index in [1.165, 1.54) is 0 Å². The Morgan fingerprint density at radius 1 is 1.10 bits per heavy atom. The lowest BCUT2D eigenvalue weighted by Gasteiger charge is -2.33. The third kappa shape index (κ3) is 9.31. The fourth-order valence-corrected chi connectivity index (χ4v) is 4.79. The summed E-state index contributed by atoms with van der Waals surface area (Å²) in [6, 6.07) is 8.15. The number of benzene rings is 1. The molecule has 1 fully saturated rings. The first-order valence-electron chi connectivity index (χ1n) is 14.4. The summed E-state index contributed by atoms with van der Waals surface area (Å²) in [5, 5.41) is 0. The summed E-state index contributed by atoms with van der Waals surface area (Å²) in [7, 11) is 0. The average Bonchev–Trinajstić information content (AvgIpc) is 3.28. The number of rotatable bonds is 12. The molecule has 0 N–H and O–H groups in total. The lowest BCUT2D eigenvalue weighted by Crippen LogP contribution is -2.42. The van der Waals surface area contributed by atoms with Crippen LogP contribution >= 0.6 is 0 Å². The van der Waals surface area contributed by atoms with Crippen molar-refractivity contribution in [3.63, 3.8) is 0 Å². The molecule has 0 aliphatic heterocycles. The molecule has 1 aliphatic carbocycles. The number of hydrogen-bond acceptors (Lipinski definition) is 6. The summed E-state index contributed by atoms with van der Waals surface area (Å²) < 4.78 is 23.7. The summed E-state index contributed by atoms with van der Waals surface area (Å²) in [6.07, 6.45) is 12.3. The first kappa shape index (κ1) is 31.6. The Morgan fingerprint density at radius 3 is 2.40 bits per heavy atom. The number of aryl methyl sites for hydroxylation is 1. The minimum Gasteiger partial charge on any atom is -0.458 e. The Hall–Kier alpha value is -2.96. The highest BCUT2D eigenvalue weighted by Crippen LogP contribution is 2.31. The van der Waals surface area contributed by atoms with E-state index in [1.54, 1.807) is 13.8 Å². The van der Waals surface area contributed by atoms with E-state index >= 15 is 0 Å². The van der Waals surface area contributed by atoms with Crippen molar-refractivity contribution in [1.29, 1.82) is 0 Å². The fraction of sp³-hybridized carbons (Fsp3) is 0.529. The first-order valence-corrected chi connectivity index (χ1v) is 14.4. The number of hydrogen-bond donors (Lipinski definition) is 0. The maximum absolute atomic E-state index is 12.5. The molecular formula is C34H47NO5. The molecule has 0 spiro atoms. The minimum atomic E-state index is -0.962. The van der Waals surface area contributed by atoms with Gasteiger partial charge in [-0.05, 0) is 103 Å². The van der Waals surface area contributed by atoms with E-state index in [9.17, 15) is 4.79 Å². The van der Waals surface area contributed by atoms with E-state index < -0.39 is 11.2 Å². The molecule has 1 aromatic carbocycles. The van der Waals surface area contributed by atoms with Crippen LogP contribution < -0.4 is 0 Å². The average molecular weight is 550 g/mol. The molecular weight excluding hydrogens is 502 g/mol. The lowest BCUT2D eigenvalue weighted by molar-refractivity contribution is -0.181. The second kappa shape index (κ2) is 14.1. The van der Waals surface area contributed by atoms with Gasteiger partial charge in [0.15, 0.2) is 5.60 Å². The van der Waals surface area contributed by atoms with Gasteiger partial charge >= 0.3 is 5.97 Å². The molecule has 0 radical (unpaired) electrons. The summed E-state index contributed by atoms with van der Waals surface area (Å²) in [5.74, 6) is 1.92. The summed E-state index contributed by atoms with van der Waals surface area (Å²) in [5.41, 5.74) is 2.41. The zero-order valence-corrected chi connectivity index (χ0v) is 25.4. The standard InChI is InChI=1S/C34H47NO5/c1-9-11-15-27(10-2)28-16-18-29(19-17-28)31-35-30(24(3)39-31)23-37-21-25-13-12-14-26(20-25)22-38-34(7,8)32(36)40-33(4,5)6/h9-11,15-19,25-26H,2,12-14,20-23H2,1,3-8H3/b11-9-,27-15+. The summed E-state index contributed by atoms with van der Waals surface area (Å²) >= 11 is 0. The number of aromatic nitrogens is 1. The molecule has 1 aliphatic rings. The normalized spacial score (nSPS) is 18.7. The molecule has 6 heteroatoms. The van der Waals surface area contributed by atoms with Crippen LogP contribution in [0.3, 0.4) is 0 Å². The second-order valence-corrected chi connectivity index (χ2v) is 12.2. The zero-order chi connectivity index (χ0) is 29.3.